The number of carbonyl (C=O) groups is 3. The number of unbranched alkanes of at least 4 members (excludes halogenated alkanes) is 36. The Morgan fingerprint density at radius 2 is 0.561 bits per heavy atom. The van der Waals surface area contributed by atoms with E-state index >= 15 is 0 Å². The van der Waals surface area contributed by atoms with Gasteiger partial charge in [-0.25, -0.2) is 0 Å². The van der Waals surface area contributed by atoms with Gasteiger partial charge in [0.05, 0.1) is 0 Å². The molecule has 1 atom stereocenters. The molecule has 66 heavy (non-hydrogen) atoms. The first-order valence-corrected chi connectivity index (χ1v) is 29.0. The van der Waals surface area contributed by atoms with Gasteiger partial charge in [-0.2, -0.15) is 0 Å². The largest absolute Gasteiger partial charge is 0.462 e. The van der Waals surface area contributed by atoms with E-state index in [1.165, 1.54) is 180 Å². The summed E-state index contributed by atoms with van der Waals surface area (Å²) in [5.74, 6) is -0.884. The highest BCUT2D eigenvalue weighted by Crippen LogP contribution is 2.17. The lowest BCUT2D eigenvalue weighted by Crippen LogP contribution is -2.30. The van der Waals surface area contributed by atoms with Crippen molar-refractivity contribution in [2.75, 3.05) is 13.2 Å². The summed E-state index contributed by atoms with van der Waals surface area (Å²) in [6.07, 6.45) is 65.7. The van der Waals surface area contributed by atoms with Crippen LogP contribution in [-0.2, 0) is 28.6 Å². The topological polar surface area (TPSA) is 78.9 Å². The first-order chi connectivity index (χ1) is 32.5. The summed E-state index contributed by atoms with van der Waals surface area (Å²) >= 11 is 0. The molecule has 386 valence electrons. The van der Waals surface area contributed by atoms with Crippen LogP contribution < -0.4 is 0 Å². The summed E-state index contributed by atoms with van der Waals surface area (Å²) in [6, 6.07) is 0. The molecule has 0 saturated heterocycles. The summed E-state index contributed by atoms with van der Waals surface area (Å²) in [7, 11) is 0. The summed E-state index contributed by atoms with van der Waals surface area (Å²) in [5.41, 5.74) is 0. The third-order valence-corrected chi connectivity index (χ3v) is 12.9. The van der Waals surface area contributed by atoms with E-state index in [0.29, 0.717) is 19.3 Å². The molecule has 0 aromatic carbocycles. The molecule has 0 saturated carbocycles. The molecule has 0 amide bonds. The van der Waals surface area contributed by atoms with E-state index in [-0.39, 0.29) is 31.1 Å². The normalized spacial score (nSPS) is 12.2. The standard InChI is InChI=1S/C60H110O6/c1-4-7-10-13-16-19-22-25-27-28-29-30-31-32-33-36-38-41-44-47-50-53-59(62)65-56-57(55-64-58(61)52-49-46-43-40-37-34-24-21-18-15-12-9-6-3)66-60(63)54-51-48-45-42-39-35-26-23-20-17-14-11-8-5-2/h14,17,21,23-24,26,57H,4-13,15-16,18-20,22,25,27-56H2,1-3H3/b17-14-,24-21-,26-23-. The van der Waals surface area contributed by atoms with Crippen molar-refractivity contribution in [1.82, 2.24) is 0 Å². The fourth-order valence-corrected chi connectivity index (χ4v) is 8.46. The molecular formula is C60H110O6. The maximum Gasteiger partial charge on any atom is 0.306 e. The number of rotatable bonds is 53. The minimum absolute atomic E-state index is 0.0770. The van der Waals surface area contributed by atoms with Gasteiger partial charge in [-0.15, -0.1) is 0 Å². The third kappa shape index (κ3) is 52.6. The molecule has 6 heteroatoms. The molecule has 0 N–H and O–H groups in total. The number of ether oxygens (including phenoxy) is 3. The van der Waals surface area contributed by atoms with Gasteiger partial charge in [-0.1, -0.05) is 256 Å². The van der Waals surface area contributed by atoms with Gasteiger partial charge in [0.2, 0.25) is 0 Å². The average Bonchev–Trinajstić information content (AvgIpc) is 3.31. The molecule has 0 aromatic heterocycles. The van der Waals surface area contributed by atoms with E-state index in [9.17, 15) is 14.4 Å². The highest BCUT2D eigenvalue weighted by molar-refractivity contribution is 5.71. The van der Waals surface area contributed by atoms with E-state index in [4.69, 9.17) is 14.2 Å². The number of esters is 3. The molecule has 1 unspecified atom stereocenters. The van der Waals surface area contributed by atoms with Gasteiger partial charge in [0.25, 0.3) is 0 Å². The van der Waals surface area contributed by atoms with E-state index in [2.05, 4.69) is 57.2 Å². The summed E-state index contributed by atoms with van der Waals surface area (Å²) in [5, 5.41) is 0. The molecule has 0 aliphatic heterocycles. The minimum Gasteiger partial charge on any atom is -0.462 e. The molecule has 0 aliphatic rings. The molecule has 0 aliphatic carbocycles. The Kier molecular flexibility index (Phi) is 53.2. The Morgan fingerprint density at radius 3 is 0.909 bits per heavy atom. The van der Waals surface area contributed by atoms with Gasteiger partial charge < -0.3 is 14.2 Å². The monoisotopic (exact) mass is 927 g/mol. The molecular weight excluding hydrogens is 817 g/mol. The van der Waals surface area contributed by atoms with E-state index in [1.807, 2.05) is 0 Å². The SMILES string of the molecule is CCCC/C=C\C/C=C\CCCCCCCC(=O)OC(COC(=O)CCCCCCC/C=C\CCCCCC)COC(=O)CCCCCCCCCCCCCCCCCCCCCCC. The first-order valence-electron chi connectivity index (χ1n) is 29.0. The van der Waals surface area contributed by atoms with Crippen LogP contribution in [0.25, 0.3) is 0 Å². The van der Waals surface area contributed by atoms with Gasteiger partial charge >= 0.3 is 17.9 Å². The molecule has 0 aromatic rings. The van der Waals surface area contributed by atoms with Crippen molar-refractivity contribution in [2.24, 2.45) is 0 Å². The molecule has 0 fully saturated rings. The van der Waals surface area contributed by atoms with Crippen molar-refractivity contribution >= 4 is 17.9 Å². The molecule has 0 spiro atoms. The quantitative estimate of drug-likeness (QED) is 0.0262. The third-order valence-electron chi connectivity index (χ3n) is 12.9. The zero-order valence-corrected chi connectivity index (χ0v) is 44.2. The van der Waals surface area contributed by atoms with Crippen LogP contribution in [0.1, 0.15) is 310 Å². The Labute approximate surface area is 410 Å². The Balaban J connectivity index is 4.29. The van der Waals surface area contributed by atoms with Crippen molar-refractivity contribution in [2.45, 2.75) is 316 Å². The highest BCUT2D eigenvalue weighted by Gasteiger charge is 2.19. The second-order valence-electron chi connectivity index (χ2n) is 19.6. The maximum absolute atomic E-state index is 12.8. The summed E-state index contributed by atoms with van der Waals surface area (Å²) in [4.78, 5) is 38.1. The van der Waals surface area contributed by atoms with Gasteiger partial charge in [0.15, 0.2) is 6.10 Å². The number of hydrogen-bond donors (Lipinski definition) is 0. The van der Waals surface area contributed by atoms with Crippen LogP contribution in [0.4, 0.5) is 0 Å². The summed E-state index contributed by atoms with van der Waals surface area (Å²) < 4.78 is 16.8. The highest BCUT2D eigenvalue weighted by atomic mass is 16.6. The lowest BCUT2D eigenvalue weighted by Gasteiger charge is -2.18. The zero-order valence-electron chi connectivity index (χ0n) is 44.2. The average molecular weight is 928 g/mol. The van der Waals surface area contributed by atoms with E-state index in [0.717, 1.165) is 89.9 Å². The van der Waals surface area contributed by atoms with Gasteiger partial charge in [0.1, 0.15) is 13.2 Å². The van der Waals surface area contributed by atoms with Crippen LogP contribution >= 0.6 is 0 Å². The Bertz CT molecular complexity index is 1110. The summed E-state index contributed by atoms with van der Waals surface area (Å²) in [6.45, 7) is 6.60. The Morgan fingerprint density at radius 1 is 0.303 bits per heavy atom. The fraction of sp³-hybridized carbons (Fsp3) is 0.850. The second kappa shape index (κ2) is 55.2. The lowest BCUT2D eigenvalue weighted by molar-refractivity contribution is -0.167. The number of hydrogen-bond acceptors (Lipinski definition) is 6. The van der Waals surface area contributed by atoms with Gasteiger partial charge in [0, 0.05) is 19.3 Å². The van der Waals surface area contributed by atoms with Crippen molar-refractivity contribution in [3.05, 3.63) is 36.5 Å². The Hall–Kier alpha value is -2.37. The van der Waals surface area contributed by atoms with Gasteiger partial charge in [-0.3, -0.25) is 14.4 Å². The van der Waals surface area contributed by atoms with E-state index < -0.39 is 6.10 Å². The van der Waals surface area contributed by atoms with Crippen molar-refractivity contribution in [1.29, 1.82) is 0 Å². The predicted molar refractivity (Wildman–Crippen MR) is 284 cm³/mol. The lowest BCUT2D eigenvalue weighted by atomic mass is 10.0. The van der Waals surface area contributed by atoms with Crippen molar-refractivity contribution in [3.8, 4) is 0 Å². The minimum atomic E-state index is -0.780. The van der Waals surface area contributed by atoms with Crippen LogP contribution in [0.3, 0.4) is 0 Å². The predicted octanol–water partition coefficient (Wildman–Crippen LogP) is 19.3. The van der Waals surface area contributed by atoms with E-state index in [1.54, 1.807) is 0 Å². The van der Waals surface area contributed by atoms with Crippen molar-refractivity contribution in [3.63, 3.8) is 0 Å². The zero-order chi connectivity index (χ0) is 47.9. The van der Waals surface area contributed by atoms with Crippen LogP contribution in [0.2, 0.25) is 0 Å². The van der Waals surface area contributed by atoms with Crippen LogP contribution in [-0.4, -0.2) is 37.2 Å². The van der Waals surface area contributed by atoms with Crippen LogP contribution in [0.5, 0.6) is 0 Å². The first kappa shape index (κ1) is 63.6. The number of allylic oxidation sites excluding steroid dienone is 6. The second-order valence-corrected chi connectivity index (χ2v) is 19.6. The molecule has 0 rings (SSSR count). The smallest absolute Gasteiger partial charge is 0.306 e. The molecule has 0 heterocycles. The molecule has 6 nitrogen and oxygen atoms in total. The number of carbonyl (C=O) groups excluding carboxylic acids is 3. The van der Waals surface area contributed by atoms with Gasteiger partial charge in [-0.05, 0) is 70.6 Å². The maximum atomic E-state index is 12.8. The van der Waals surface area contributed by atoms with Crippen LogP contribution in [0, 0.1) is 0 Å². The van der Waals surface area contributed by atoms with Crippen molar-refractivity contribution < 1.29 is 28.6 Å². The molecule has 0 bridgehead atoms. The fourth-order valence-electron chi connectivity index (χ4n) is 8.46. The molecule has 0 radical (unpaired) electrons. The van der Waals surface area contributed by atoms with Crippen LogP contribution in [0.15, 0.2) is 36.5 Å².